The molecule has 0 spiro atoms. The van der Waals surface area contributed by atoms with Gasteiger partial charge in [0, 0.05) is 18.8 Å². The first-order valence-electron chi connectivity index (χ1n) is 9.70. The molecular formula is C22H31N3O. The number of hydrogen-bond acceptors (Lipinski definition) is 4. The molecule has 1 aromatic heterocycles. The van der Waals surface area contributed by atoms with Crippen molar-refractivity contribution < 1.29 is 4.74 Å². The third kappa shape index (κ3) is 4.63. The highest BCUT2D eigenvalue weighted by Gasteiger charge is 2.28. The molecule has 2 aromatic rings. The van der Waals surface area contributed by atoms with E-state index in [2.05, 4.69) is 54.4 Å². The third-order valence-electron chi connectivity index (χ3n) is 5.30. The van der Waals surface area contributed by atoms with E-state index in [9.17, 15) is 0 Å². The van der Waals surface area contributed by atoms with Crippen molar-refractivity contribution in [2.45, 2.75) is 38.8 Å². The van der Waals surface area contributed by atoms with E-state index in [0.717, 1.165) is 37.0 Å². The minimum Gasteiger partial charge on any atom is -0.497 e. The fraction of sp³-hybridized carbons (Fsp3) is 0.500. The van der Waals surface area contributed by atoms with Gasteiger partial charge in [-0.2, -0.15) is 0 Å². The Labute approximate surface area is 157 Å². The minimum absolute atomic E-state index is 0.140. The Morgan fingerprint density at radius 2 is 1.96 bits per heavy atom. The average molecular weight is 354 g/mol. The molecule has 1 aliphatic heterocycles. The zero-order valence-corrected chi connectivity index (χ0v) is 16.2. The monoisotopic (exact) mass is 353 g/mol. The average Bonchev–Trinajstić information content (AvgIpc) is 2.69. The van der Waals surface area contributed by atoms with E-state index in [4.69, 9.17) is 9.72 Å². The quantitative estimate of drug-likeness (QED) is 0.819. The zero-order chi connectivity index (χ0) is 18.4. The minimum atomic E-state index is 0.140. The van der Waals surface area contributed by atoms with Gasteiger partial charge in [0.1, 0.15) is 5.75 Å². The van der Waals surface area contributed by atoms with E-state index in [0.29, 0.717) is 6.04 Å². The van der Waals surface area contributed by atoms with Crippen LogP contribution in [0.3, 0.4) is 0 Å². The smallest absolute Gasteiger partial charge is 0.119 e. The van der Waals surface area contributed by atoms with Crippen LogP contribution in [-0.2, 0) is 0 Å². The molecule has 3 rings (SSSR count). The third-order valence-corrected chi connectivity index (χ3v) is 5.30. The first kappa shape index (κ1) is 18.9. The molecule has 1 aromatic carbocycles. The summed E-state index contributed by atoms with van der Waals surface area (Å²) in [6.07, 6.45) is 4.39. The summed E-state index contributed by atoms with van der Waals surface area (Å²) < 4.78 is 5.48. The SMILES string of the molecule is COc1cccc(C(c2ccccn2)N(CC2CCNCC2)C(C)C)c1. The fourth-order valence-electron chi connectivity index (χ4n) is 3.86. The Hall–Kier alpha value is -1.91. The summed E-state index contributed by atoms with van der Waals surface area (Å²) in [4.78, 5) is 7.32. The summed E-state index contributed by atoms with van der Waals surface area (Å²) in [6, 6.07) is 15.2. The van der Waals surface area contributed by atoms with Gasteiger partial charge in [-0.15, -0.1) is 0 Å². The highest BCUT2D eigenvalue weighted by Crippen LogP contribution is 2.32. The van der Waals surface area contributed by atoms with E-state index in [1.165, 1.54) is 18.4 Å². The molecule has 140 valence electrons. The van der Waals surface area contributed by atoms with Crippen LogP contribution in [-0.4, -0.2) is 42.7 Å². The second-order valence-electron chi connectivity index (χ2n) is 7.42. The molecule has 4 nitrogen and oxygen atoms in total. The van der Waals surface area contributed by atoms with Gasteiger partial charge in [0.25, 0.3) is 0 Å². The number of benzene rings is 1. The molecule has 1 unspecified atom stereocenters. The van der Waals surface area contributed by atoms with Crippen LogP contribution >= 0.6 is 0 Å². The van der Waals surface area contributed by atoms with Gasteiger partial charge in [0.05, 0.1) is 18.8 Å². The van der Waals surface area contributed by atoms with Crippen LogP contribution in [0.2, 0.25) is 0 Å². The number of aromatic nitrogens is 1. The molecule has 1 fully saturated rings. The topological polar surface area (TPSA) is 37.4 Å². The molecule has 1 aliphatic rings. The summed E-state index contributed by atoms with van der Waals surface area (Å²) in [6.45, 7) is 7.93. The predicted octanol–water partition coefficient (Wildman–Crippen LogP) is 3.89. The van der Waals surface area contributed by atoms with Gasteiger partial charge >= 0.3 is 0 Å². The molecule has 1 N–H and O–H groups in total. The van der Waals surface area contributed by atoms with E-state index in [-0.39, 0.29) is 6.04 Å². The van der Waals surface area contributed by atoms with Crippen molar-refractivity contribution in [3.8, 4) is 5.75 Å². The molecule has 0 aliphatic carbocycles. The van der Waals surface area contributed by atoms with Crippen LogP contribution < -0.4 is 10.1 Å². The van der Waals surface area contributed by atoms with E-state index in [1.807, 2.05) is 18.3 Å². The molecule has 0 amide bonds. The largest absolute Gasteiger partial charge is 0.497 e. The number of methoxy groups -OCH3 is 1. The maximum atomic E-state index is 5.48. The van der Waals surface area contributed by atoms with Crippen molar-refractivity contribution in [3.63, 3.8) is 0 Å². The Morgan fingerprint density at radius 3 is 2.62 bits per heavy atom. The number of hydrogen-bond donors (Lipinski definition) is 1. The highest BCUT2D eigenvalue weighted by molar-refractivity contribution is 5.35. The molecule has 26 heavy (non-hydrogen) atoms. The van der Waals surface area contributed by atoms with Crippen molar-refractivity contribution in [3.05, 3.63) is 59.9 Å². The molecule has 0 bridgehead atoms. The van der Waals surface area contributed by atoms with E-state index < -0.39 is 0 Å². The Bertz CT molecular complexity index is 668. The summed E-state index contributed by atoms with van der Waals surface area (Å²) in [5.74, 6) is 1.63. The van der Waals surface area contributed by atoms with Crippen molar-refractivity contribution in [2.75, 3.05) is 26.7 Å². The van der Waals surface area contributed by atoms with Crippen LogP contribution in [0.1, 0.15) is 44.0 Å². The number of nitrogens with one attached hydrogen (secondary N) is 1. The van der Waals surface area contributed by atoms with Crippen molar-refractivity contribution in [2.24, 2.45) is 5.92 Å². The first-order chi connectivity index (χ1) is 12.7. The fourth-order valence-corrected chi connectivity index (χ4v) is 3.86. The Morgan fingerprint density at radius 1 is 1.15 bits per heavy atom. The van der Waals surface area contributed by atoms with Crippen LogP contribution in [0.5, 0.6) is 5.75 Å². The lowest BCUT2D eigenvalue weighted by atomic mass is 9.93. The summed E-state index contributed by atoms with van der Waals surface area (Å²) in [5.41, 5.74) is 2.34. The molecule has 4 heteroatoms. The van der Waals surface area contributed by atoms with Gasteiger partial charge in [-0.3, -0.25) is 9.88 Å². The second-order valence-corrected chi connectivity index (χ2v) is 7.42. The first-order valence-corrected chi connectivity index (χ1v) is 9.70. The number of piperidine rings is 1. The Balaban J connectivity index is 1.96. The molecule has 2 heterocycles. The van der Waals surface area contributed by atoms with Gasteiger partial charge in [-0.25, -0.2) is 0 Å². The standard InChI is InChI=1S/C22H31N3O/c1-17(2)25(16-18-10-13-23-14-11-18)22(21-9-4-5-12-24-21)19-7-6-8-20(15-19)26-3/h4-9,12,15,17-18,22-23H,10-11,13-14,16H2,1-3H3. The maximum Gasteiger partial charge on any atom is 0.119 e. The van der Waals surface area contributed by atoms with Gasteiger partial charge in [-0.05, 0) is 75.5 Å². The lowest BCUT2D eigenvalue weighted by Gasteiger charge is -2.38. The van der Waals surface area contributed by atoms with Crippen LogP contribution in [0.4, 0.5) is 0 Å². The van der Waals surface area contributed by atoms with Crippen LogP contribution in [0.15, 0.2) is 48.7 Å². The van der Waals surface area contributed by atoms with Crippen molar-refractivity contribution >= 4 is 0 Å². The molecule has 0 radical (unpaired) electrons. The number of ether oxygens (including phenoxy) is 1. The molecule has 1 atom stereocenters. The van der Waals surface area contributed by atoms with Gasteiger partial charge in [0.15, 0.2) is 0 Å². The van der Waals surface area contributed by atoms with Crippen LogP contribution in [0, 0.1) is 5.92 Å². The maximum absolute atomic E-state index is 5.48. The number of rotatable bonds is 7. The summed E-state index contributed by atoms with van der Waals surface area (Å²) in [7, 11) is 1.73. The second kappa shape index (κ2) is 9.15. The highest BCUT2D eigenvalue weighted by atomic mass is 16.5. The summed E-state index contributed by atoms with van der Waals surface area (Å²) in [5, 5.41) is 3.48. The van der Waals surface area contributed by atoms with Gasteiger partial charge in [0.2, 0.25) is 0 Å². The van der Waals surface area contributed by atoms with Gasteiger partial charge < -0.3 is 10.1 Å². The Kier molecular flexibility index (Phi) is 6.64. The van der Waals surface area contributed by atoms with Crippen LogP contribution in [0.25, 0.3) is 0 Å². The van der Waals surface area contributed by atoms with Gasteiger partial charge in [-0.1, -0.05) is 18.2 Å². The zero-order valence-electron chi connectivity index (χ0n) is 16.2. The lowest BCUT2D eigenvalue weighted by Crippen LogP contribution is -2.42. The summed E-state index contributed by atoms with van der Waals surface area (Å²) >= 11 is 0. The normalized spacial score (nSPS) is 16.8. The van der Waals surface area contributed by atoms with Crippen molar-refractivity contribution in [1.82, 2.24) is 15.2 Å². The number of nitrogens with zero attached hydrogens (tertiary/aromatic N) is 2. The van der Waals surface area contributed by atoms with E-state index in [1.54, 1.807) is 7.11 Å². The molecule has 1 saturated heterocycles. The predicted molar refractivity (Wildman–Crippen MR) is 107 cm³/mol. The molecule has 0 saturated carbocycles. The van der Waals surface area contributed by atoms with E-state index >= 15 is 0 Å². The number of pyridine rings is 1. The lowest BCUT2D eigenvalue weighted by molar-refractivity contribution is 0.133. The van der Waals surface area contributed by atoms with Crippen molar-refractivity contribution in [1.29, 1.82) is 0 Å². The molecular weight excluding hydrogens is 322 g/mol.